The van der Waals surface area contributed by atoms with Crippen LogP contribution in [0.25, 0.3) is 0 Å². The Morgan fingerprint density at radius 1 is 1.06 bits per heavy atom. The molecule has 0 bridgehead atoms. The number of nitrogens with one attached hydrogen (secondary N) is 1. The quantitative estimate of drug-likeness (QED) is 0.548. The molecule has 1 atom stereocenters. The Kier molecular flexibility index (Phi) is 4.97. The van der Waals surface area contributed by atoms with Crippen molar-refractivity contribution in [1.82, 2.24) is 10.2 Å². The normalized spacial score (nSPS) is 20.5. The first kappa shape index (κ1) is 20.9. The molecule has 0 spiro atoms. The van der Waals surface area contributed by atoms with Gasteiger partial charge in [-0.05, 0) is 36.8 Å². The van der Waals surface area contributed by atoms with E-state index in [9.17, 15) is 22.8 Å². The third kappa shape index (κ3) is 3.74. The zero-order chi connectivity index (χ0) is 22.4. The number of hydrogen-bond donors (Lipinski definition) is 1. The Morgan fingerprint density at radius 2 is 1.71 bits per heavy atom. The maximum Gasteiger partial charge on any atom is 0.325 e. The Balaban J connectivity index is 1.55. The average Bonchev–Trinajstić information content (AvgIpc) is 2.96. The van der Waals surface area contributed by atoms with E-state index in [0.29, 0.717) is 30.3 Å². The minimum absolute atomic E-state index is 0.0743. The van der Waals surface area contributed by atoms with E-state index in [1.54, 1.807) is 25.1 Å². The van der Waals surface area contributed by atoms with Gasteiger partial charge in [-0.25, -0.2) is 13.2 Å². The number of carbonyl (C=O) groups excluding carboxylic acids is 3. The summed E-state index contributed by atoms with van der Waals surface area (Å²) in [6.07, 6.45) is 1.07. The SMILES string of the molecule is CC1(c2ccc3c(c2)OCCO3)NC(=O)N(CC(=O)c2ccc(S(C)(=O)=O)cc2)C1=O. The van der Waals surface area contributed by atoms with Crippen LogP contribution in [0, 0.1) is 0 Å². The number of imide groups is 1. The Hall–Kier alpha value is -3.40. The molecule has 10 heteroatoms. The fraction of sp³-hybridized carbons (Fsp3) is 0.286. The zero-order valence-corrected chi connectivity index (χ0v) is 17.7. The van der Waals surface area contributed by atoms with E-state index in [0.717, 1.165) is 11.2 Å². The van der Waals surface area contributed by atoms with Crippen LogP contribution < -0.4 is 14.8 Å². The second-order valence-electron chi connectivity index (χ2n) is 7.52. The number of urea groups is 1. The predicted octanol–water partition coefficient (Wildman–Crippen LogP) is 1.51. The van der Waals surface area contributed by atoms with Crippen molar-refractivity contribution >= 4 is 27.6 Å². The van der Waals surface area contributed by atoms with E-state index < -0.39 is 39.6 Å². The van der Waals surface area contributed by atoms with Crippen LogP contribution in [-0.4, -0.2) is 57.1 Å². The zero-order valence-electron chi connectivity index (χ0n) is 16.9. The lowest BCUT2D eigenvalue weighted by molar-refractivity contribution is -0.130. The van der Waals surface area contributed by atoms with Gasteiger partial charge in [0.25, 0.3) is 5.91 Å². The molecule has 0 aliphatic carbocycles. The topological polar surface area (TPSA) is 119 Å². The second-order valence-corrected chi connectivity index (χ2v) is 9.54. The number of Topliss-reactive ketones (excluding diaryl/α,β-unsaturated/α-hetero) is 1. The molecular formula is C21H20N2O7S. The van der Waals surface area contributed by atoms with Gasteiger partial charge >= 0.3 is 6.03 Å². The highest BCUT2D eigenvalue weighted by Crippen LogP contribution is 2.36. The van der Waals surface area contributed by atoms with Crippen molar-refractivity contribution in [3.05, 3.63) is 53.6 Å². The van der Waals surface area contributed by atoms with Crippen molar-refractivity contribution in [3.63, 3.8) is 0 Å². The molecular weight excluding hydrogens is 424 g/mol. The number of ether oxygens (including phenoxy) is 2. The van der Waals surface area contributed by atoms with E-state index in [4.69, 9.17) is 9.47 Å². The molecule has 2 heterocycles. The van der Waals surface area contributed by atoms with Crippen molar-refractivity contribution in [1.29, 1.82) is 0 Å². The highest BCUT2D eigenvalue weighted by atomic mass is 32.2. The molecule has 0 saturated carbocycles. The maximum absolute atomic E-state index is 13.1. The van der Waals surface area contributed by atoms with Crippen LogP contribution in [0.15, 0.2) is 47.4 Å². The van der Waals surface area contributed by atoms with Gasteiger partial charge in [0.2, 0.25) is 0 Å². The summed E-state index contributed by atoms with van der Waals surface area (Å²) in [7, 11) is -3.40. The largest absolute Gasteiger partial charge is 0.486 e. The van der Waals surface area contributed by atoms with Crippen molar-refractivity contribution in [2.75, 3.05) is 26.0 Å². The van der Waals surface area contributed by atoms with Crippen LogP contribution in [-0.2, 0) is 20.2 Å². The molecule has 31 heavy (non-hydrogen) atoms. The van der Waals surface area contributed by atoms with Gasteiger partial charge < -0.3 is 14.8 Å². The number of carbonyl (C=O) groups is 3. The number of fused-ring (bicyclic) bond motifs is 1. The van der Waals surface area contributed by atoms with Crippen LogP contribution in [0.4, 0.5) is 4.79 Å². The van der Waals surface area contributed by atoms with Crippen LogP contribution in [0.5, 0.6) is 11.5 Å². The fourth-order valence-corrected chi connectivity index (χ4v) is 4.14. The minimum Gasteiger partial charge on any atom is -0.486 e. The molecule has 2 aliphatic heterocycles. The Bertz CT molecular complexity index is 1190. The van der Waals surface area contributed by atoms with Gasteiger partial charge in [-0.2, -0.15) is 0 Å². The third-order valence-electron chi connectivity index (χ3n) is 5.30. The summed E-state index contributed by atoms with van der Waals surface area (Å²) in [4.78, 5) is 39.2. The molecule has 3 amide bonds. The van der Waals surface area contributed by atoms with Crippen LogP contribution in [0.3, 0.4) is 0 Å². The van der Waals surface area contributed by atoms with Crippen molar-refractivity contribution < 1.29 is 32.3 Å². The molecule has 1 saturated heterocycles. The summed E-state index contributed by atoms with van der Waals surface area (Å²) in [5, 5.41) is 2.65. The van der Waals surface area contributed by atoms with Gasteiger partial charge in [0.05, 0.1) is 11.4 Å². The molecule has 4 rings (SSSR count). The van der Waals surface area contributed by atoms with E-state index in [1.807, 2.05) is 0 Å². The molecule has 2 aromatic rings. The average molecular weight is 444 g/mol. The van der Waals surface area contributed by atoms with Gasteiger partial charge in [-0.3, -0.25) is 14.5 Å². The summed E-state index contributed by atoms with van der Waals surface area (Å²) in [5.41, 5.74) is -0.670. The molecule has 1 unspecified atom stereocenters. The molecule has 0 aromatic heterocycles. The summed E-state index contributed by atoms with van der Waals surface area (Å²) in [5.74, 6) is -0.0299. The van der Waals surface area contributed by atoms with Gasteiger partial charge in [-0.15, -0.1) is 0 Å². The smallest absolute Gasteiger partial charge is 0.325 e. The van der Waals surface area contributed by atoms with Crippen molar-refractivity contribution in [2.45, 2.75) is 17.4 Å². The standard InChI is InChI=1S/C21H20N2O7S/c1-21(14-5-8-17-18(11-14)30-10-9-29-17)19(25)23(20(26)22-21)12-16(24)13-3-6-15(7-4-13)31(2,27)28/h3-8,11H,9-10,12H2,1-2H3,(H,22,26). The Labute approximate surface area is 178 Å². The number of rotatable bonds is 5. The molecule has 162 valence electrons. The van der Waals surface area contributed by atoms with E-state index in [2.05, 4.69) is 5.32 Å². The van der Waals surface area contributed by atoms with Crippen LogP contribution in [0.1, 0.15) is 22.8 Å². The lowest BCUT2D eigenvalue weighted by Gasteiger charge is -2.25. The highest BCUT2D eigenvalue weighted by Gasteiger charge is 2.49. The third-order valence-corrected chi connectivity index (χ3v) is 6.43. The maximum atomic E-state index is 13.1. The minimum atomic E-state index is -3.40. The molecule has 0 radical (unpaired) electrons. The summed E-state index contributed by atoms with van der Waals surface area (Å²) in [6.45, 7) is 1.90. The van der Waals surface area contributed by atoms with E-state index >= 15 is 0 Å². The lowest BCUT2D eigenvalue weighted by atomic mass is 9.91. The molecule has 1 N–H and O–H groups in total. The van der Waals surface area contributed by atoms with Gasteiger partial charge in [-0.1, -0.05) is 18.2 Å². The monoisotopic (exact) mass is 444 g/mol. The number of benzene rings is 2. The lowest BCUT2D eigenvalue weighted by Crippen LogP contribution is -2.41. The fourth-order valence-electron chi connectivity index (χ4n) is 3.51. The van der Waals surface area contributed by atoms with E-state index in [1.165, 1.54) is 24.3 Å². The van der Waals surface area contributed by atoms with Crippen LogP contribution >= 0.6 is 0 Å². The van der Waals surface area contributed by atoms with Gasteiger partial charge in [0.15, 0.2) is 27.1 Å². The first-order valence-electron chi connectivity index (χ1n) is 9.47. The number of sulfone groups is 1. The number of ketones is 1. The van der Waals surface area contributed by atoms with Gasteiger partial charge in [0.1, 0.15) is 18.8 Å². The van der Waals surface area contributed by atoms with Gasteiger partial charge in [0, 0.05) is 11.8 Å². The van der Waals surface area contributed by atoms with Crippen molar-refractivity contribution in [3.8, 4) is 11.5 Å². The number of nitrogens with zero attached hydrogens (tertiary/aromatic N) is 1. The molecule has 1 fully saturated rings. The molecule has 2 aliphatic rings. The van der Waals surface area contributed by atoms with Crippen LogP contribution in [0.2, 0.25) is 0 Å². The van der Waals surface area contributed by atoms with E-state index in [-0.39, 0.29) is 10.5 Å². The summed E-state index contributed by atoms with van der Waals surface area (Å²) < 4.78 is 34.2. The highest BCUT2D eigenvalue weighted by molar-refractivity contribution is 7.90. The molecule has 2 aromatic carbocycles. The second kappa shape index (κ2) is 7.38. The predicted molar refractivity (Wildman–Crippen MR) is 109 cm³/mol. The number of amides is 3. The summed E-state index contributed by atoms with van der Waals surface area (Å²) in [6, 6.07) is 9.63. The number of hydrogen-bond acceptors (Lipinski definition) is 7. The first-order valence-corrected chi connectivity index (χ1v) is 11.4. The van der Waals surface area contributed by atoms with Crippen molar-refractivity contribution in [2.24, 2.45) is 0 Å². The first-order chi connectivity index (χ1) is 14.6. The molecule has 9 nitrogen and oxygen atoms in total. The summed E-state index contributed by atoms with van der Waals surface area (Å²) >= 11 is 0. The Morgan fingerprint density at radius 3 is 2.35 bits per heavy atom.